The maximum absolute atomic E-state index is 12.8. The van der Waals surface area contributed by atoms with Gasteiger partial charge in [0, 0.05) is 50.5 Å². The Labute approximate surface area is 218 Å². The van der Waals surface area contributed by atoms with Gasteiger partial charge in [-0.3, -0.25) is 4.90 Å². The normalized spacial score (nSPS) is 22.4. The van der Waals surface area contributed by atoms with Gasteiger partial charge in [-0.1, -0.05) is 18.2 Å². The van der Waals surface area contributed by atoms with Crippen molar-refractivity contribution in [2.24, 2.45) is 5.41 Å². The predicted molar refractivity (Wildman–Crippen MR) is 129 cm³/mol. The van der Waals surface area contributed by atoms with Crippen molar-refractivity contribution in [3.8, 4) is 0 Å². The highest BCUT2D eigenvalue weighted by Gasteiger charge is 2.60. The third kappa shape index (κ3) is 6.16. The molecule has 0 aliphatic carbocycles. The van der Waals surface area contributed by atoms with Crippen LogP contribution < -0.4 is 4.90 Å². The van der Waals surface area contributed by atoms with Crippen molar-refractivity contribution in [2.75, 3.05) is 50.8 Å². The van der Waals surface area contributed by atoms with E-state index in [1.54, 1.807) is 0 Å². The minimum Gasteiger partial charge on any atom is -0.426 e. The van der Waals surface area contributed by atoms with E-state index in [9.17, 15) is 31.1 Å². The molecule has 1 amide bonds. The molecule has 3 saturated heterocycles. The minimum atomic E-state index is -5.73. The second-order valence-corrected chi connectivity index (χ2v) is 11.4. The number of benzene rings is 1. The first kappa shape index (κ1) is 28.8. The third-order valence-electron chi connectivity index (χ3n) is 8.10. The van der Waals surface area contributed by atoms with E-state index in [0.717, 1.165) is 31.0 Å². The molecule has 0 bridgehead atoms. The predicted octanol–water partition coefficient (Wildman–Crippen LogP) is 5.53. The van der Waals surface area contributed by atoms with E-state index in [1.165, 1.54) is 16.8 Å². The number of hydrogen-bond acceptors (Lipinski definition) is 5. The van der Waals surface area contributed by atoms with Crippen LogP contribution in [0, 0.1) is 12.3 Å². The Morgan fingerprint density at radius 2 is 1.63 bits per heavy atom. The summed E-state index contributed by atoms with van der Waals surface area (Å²) in [5.41, 5.74) is 3.26. The Morgan fingerprint density at radius 3 is 2.21 bits per heavy atom. The number of para-hydroxylation sites is 1. The van der Waals surface area contributed by atoms with E-state index >= 15 is 0 Å². The summed E-state index contributed by atoms with van der Waals surface area (Å²) in [5.74, 6) is 0. The molecule has 38 heavy (non-hydrogen) atoms. The quantitative estimate of drug-likeness (QED) is 0.461. The lowest BCUT2D eigenvalue weighted by atomic mass is 9.74. The van der Waals surface area contributed by atoms with Crippen LogP contribution in [0.4, 0.5) is 36.8 Å². The third-order valence-corrected chi connectivity index (χ3v) is 8.10. The first-order valence-corrected chi connectivity index (χ1v) is 12.9. The average Bonchev–Trinajstić information content (AvgIpc) is 3.05. The largest absolute Gasteiger partial charge is 0.434 e. The van der Waals surface area contributed by atoms with Crippen molar-refractivity contribution >= 4 is 11.8 Å². The topological polar surface area (TPSA) is 45.2 Å². The molecule has 0 unspecified atom stereocenters. The molecule has 1 spiro atoms. The van der Waals surface area contributed by atoms with Crippen LogP contribution in [0.3, 0.4) is 0 Å². The highest BCUT2D eigenvalue weighted by molar-refractivity contribution is 5.68. The maximum Gasteiger partial charge on any atom is 0.434 e. The lowest BCUT2D eigenvalue weighted by Crippen LogP contribution is -2.50. The molecule has 3 heterocycles. The average molecular weight is 552 g/mol. The number of carbonyl (C=O) groups is 1. The monoisotopic (exact) mass is 551 g/mol. The zero-order valence-corrected chi connectivity index (χ0v) is 21.9. The maximum atomic E-state index is 12.8. The van der Waals surface area contributed by atoms with E-state index in [0.29, 0.717) is 32.6 Å². The van der Waals surface area contributed by atoms with Crippen molar-refractivity contribution < 1.29 is 40.6 Å². The first-order chi connectivity index (χ1) is 17.6. The van der Waals surface area contributed by atoms with Gasteiger partial charge in [0.25, 0.3) is 6.10 Å². The molecule has 214 valence electrons. The Bertz CT molecular complexity index is 985. The molecule has 0 aromatic heterocycles. The van der Waals surface area contributed by atoms with Crippen LogP contribution in [0.1, 0.15) is 44.2 Å². The van der Waals surface area contributed by atoms with Gasteiger partial charge in [-0.05, 0) is 56.6 Å². The Kier molecular flexibility index (Phi) is 7.88. The summed E-state index contributed by atoms with van der Waals surface area (Å²) in [7, 11) is 0. The summed E-state index contributed by atoms with van der Waals surface area (Å²) in [5, 5.41) is 0. The van der Waals surface area contributed by atoms with Gasteiger partial charge < -0.3 is 19.3 Å². The Morgan fingerprint density at radius 1 is 1.03 bits per heavy atom. The van der Waals surface area contributed by atoms with Crippen LogP contribution >= 0.6 is 0 Å². The summed E-state index contributed by atoms with van der Waals surface area (Å²) < 4.78 is 86.4. The fourth-order valence-corrected chi connectivity index (χ4v) is 6.26. The molecule has 3 fully saturated rings. The minimum absolute atomic E-state index is 0.0503. The number of nitrogens with zero attached hydrogens (tertiary/aromatic N) is 3. The van der Waals surface area contributed by atoms with Gasteiger partial charge in [0.2, 0.25) is 0 Å². The molecule has 3 aliphatic rings. The zero-order valence-electron chi connectivity index (χ0n) is 21.9. The molecule has 4 rings (SSSR count). The van der Waals surface area contributed by atoms with Crippen molar-refractivity contribution in [1.82, 2.24) is 9.80 Å². The molecule has 1 aromatic rings. The van der Waals surface area contributed by atoms with E-state index in [1.807, 2.05) is 6.07 Å². The second-order valence-electron chi connectivity index (χ2n) is 11.4. The number of likely N-dealkylation sites (tertiary alicyclic amines) is 2. The highest BCUT2D eigenvalue weighted by Crippen LogP contribution is 2.49. The summed E-state index contributed by atoms with van der Waals surface area (Å²) in [4.78, 5) is 18.0. The standard InChI is InChI=1S/C26H35F6N3O3/c1-18-5-4-6-19(20(18)33-11-13-37-14-12-33)15-35-17-24(16-23(35,2)3)7-9-34(10-8-24)22(36)38-21(25(27,28)29)26(30,31)32/h4-6,21H,7-17H2,1-3H3. The van der Waals surface area contributed by atoms with Crippen molar-refractivity contribution in [3.63, 3.8) is 0 Å². The van der Waals surface area contributed by atoms with Crippen LogP contribution in [0.5, 0.6) is 0 Å². The van der Waals surface area contributed by atoms with Crippen LogP contribution in [0.25, 0.3) is 0 Å². The number of piperidine rings is 1. The number of amides is 1. The highest BCUT2D eigenvalue weighted by atomic mass is 19.4. The lowest BCUT2D eigenvalue weighted by Gasteiger charge is -2.39. The Hall–Kier alpha value is -2.21. The van der Waals surface area contributed by atoms with Crippen LogP contribution in [-0.4, -0.2) is 85.8 Å². The molecule has 1 aromatic carbocycles. The summed E-state index contributed by atoms with van der Waals surface area (Å²) in [6.07, 6.45) is -15.4. The van der Waals surface area contributed by atoms with Gasteiger partial charge in [-0.15, -0.1) is 0 Å². The van der Waals surface area contributed by atoms with Gasteiger partial charge in [-0.2, -0.15) is 26.3 Å². The molecule has 6 nitrogen and oxygen atoms in total. The fraction of sp³-hybridized carbons (Fsp3) is 0.731. The number of anilines is 1. The number of carbonyl (C=O) groups excluding carboxylic acids is 1. The summed E-state index contributed by atoms with van der Waals surface area (Å²) >= 11 is 0. The van der Waals surface area contributed by atoms with Gasteiger partial charge in [-0.25, -0.2) is 4.79 Å². The van der Waals surface area contributed by atoms with Gasteiger partial charge in [0.05, 0.1) is 13.2 Å². The SMILES string of the molecule is Cc1cccc(CN2CC3(CCN(C(=O)OC(C(F)(F)F)C(F)(F)F)CC3)CC2(C)C)c1N1CCOCC1. The number of ether oxygens (including phenoxy) is 2. The van der Waals surface area contributed by atoms with Gasteiger partial charge in [0.15, 0.2) is 0 Å². The number of rotatable bonds is 4. The van der Waals surface area contributed by atoms with Crippen molar-refractivity contribution in [3.05, 3.63) is 29.3 Å². The number of morpholine rings is 1. The molecule has 0 atom stereocenters. The van der Waals surface area contributed by atoms with Crippen LogP contribution in [-0.2, 0) is 16.0 Å². The van der Waals surface area contributed by atoms with E-state index in [4.69, 9.17) is 4.74 Å². The molecule has 12 heteroatoms. The molecular weight excluding hydrogens is 516 g/mol. The van der Waals surface area contributed by atoms with E-state index in [2.05, 4.69) is 47.4 Å². The molecular formula is C26H35F6N3O3. The van der Waals surface area contributed by atoms with Crippen LogP contribution in [0.2, 0.25) is 0 Å². The molecule has 0 radical (unpaired) electrons. The first-order valence-electron chi connectivity index (χ1n) is 12.9. The molecule has 0 N–H and O–H groups in total. The lowest BCUT2D eigenvalue weighted by molar-refractivity contribution is -0.308. The number of halogens is 6. The number of aryl methyl sites for hydroxylation is 1. The van der Waals surface area contributed by atoms with Crippen molar-refractivity contribution in [2.45, 2.75) is 70.6 Å². The zero-order chi connectivity index (χ0) is 27.9. The van der Waals surface area contributed by atoms with Gasteiger partial charge in [0.1, 0.15) is 0 Å². The second kappa shape index (κ2) is 10.4. The van der Waals surface area contributed by atoms with E-state index in [-0.39, 0.29) is 24.0 Å². The van der Waals surface area contributed by atoms with Gasteiger partial charge >= 0.3 is 18.4 Å². The molecule has 3 aliphatic heterocycles. The van der Waals surface area contributed by atoms with Crippen molar-refractivity contribution in [1.29, 1.82) is 0 Å². The van der Waals surface area contributed by atoms with E-state index < -0.39 is 24.5 Å². The number of hydrogen-bond donors (Lipinski definition) is 0. The van der Waals surface area contributed by atoms with Crippen LogP contribution in [0.15, 0.2) is 18.2 Å². The number of alkyl halides is 6. The summed E-state index contributed by atoms with van der Waals surface area (Å²) in [6.45, 7) is 11.0. The molecule has 0 saturated carbocycles. The summed E-state index contributed by atoms with van der Waals surface area (Å²) in [6, 6.07) is 6.28. The smallest absolute Gasteiger partial charge is 0.426 e. The Balaban J connectivity index is 1.42. The fourth-order valence-electron chi connectivity index (χ4n) is 6.26.